The summed E-state index contributed by atoms with van der Waals surface area (Å²) < 4.78 is 21.4. The molecule has 0 aromatic carbocycles. The molecule has 0 aliphatic carbocycles. The molecule has 1 unspecified atom stereocenters. The molecule has 72 valence electrons. The Morgan fingerprint density at radius 1 is 1.58 bits per heavy atom. The van der Waals surface area contributed by atoms with Crippen LogP contribution in [0.5, 0.6) is 0 Å². The van der Waals surface area contributed by atoms with Crippen LogP contribution in [0.3, 0.4) is 0 Å². The zero-order valence-corrected chi connectivity index (χ0v) is 8.15. The van der Waals surface area contributed by atoms with Crippen molar-refractivity contribution in [2.45, 2.75) is 12.5 Å². The molecule has 1 fully saturated rings. The van der Waals surface area contributed by atoms with Gasteiger partial charge in [0.2, 0.25) is 0 Å². The lowest BCUT2D eigenvalue weighted by molar-refractivity contribution is 0.356. The van der Waals surface area contributed by atoms with E-state index < -0.39 is 9.84 Å². The van der Waals surface area contributed by atoms with Crippen LogP contribution in [0, 0.1) is 0 Å². The van der Waals surface area contributed by atoms with Crippen LogP contribution in [0.2, 0.25) is 0 Å². The fourth-order valence-electron chi connectivity index (χ4n) is 1.06. The SMILES string of the molecule is CS(=O)(=O)CCNCC1CCN1. The highest BCUT2D eigenvalue weighted by Gasteiger charge is 2.14. The first-order valence-electron chi connectivity index (χ1n) is 4.20. The summed E-state index contributed by atoms with van der Waals surface area (Å²) in [7, 11) is -2.79. The maximum atomic E-state index is 10.7. The third-order valence-corrected chi connectivity index (χ3v) is 2.91. The molecule has 2 N–H and O–H groups in total. The number of nitrogens with one attached hydrogen (secondary N) is 2. The summed E-state index contributed by atoms with van der Waals surface area (Å²) in [6.07, 6.45) is 2.46. The van der Waals surface area contributed by atoms with Crippen molar-refractivity contribution in [1.82, 2.24) is 10.6 Å². The predicted molar refractivity (Wildman–Crippen MR) is 49.0 cm³/mol. The van der Waals surface area contributed by atoms with E-state index >= 15 is 0 Å². The molecule has 1 rings (SSSR count). The Kier molecular flexibility index (Phi) is 3.49. The van der Waals surface area contributed by atoms with Gasteiger partial charge in [0.15, 0.2) is 0 Å². The van der Waals surface area contributed by atoms with E-state index in [1.54, 1.807) is 0 Å². The molecule has 0 radical (unpaired) electrons. The van der Waals surface area contributed by atoms with E-state index in [0.717, 1.165) is 13.1 Å². The average Bonchev–Trinajstić information content (AvgIpc) is 1.80. The van der Waals surface area contributed by atoms with E-state index in [1.165, 1.54) is 12.7 Å². The Hall–Kier alpha value is -0.130. The van der Waals surface area contributed by atoms with Crippen LogP contribution in [0.4, 0.5) is 0 Å². The molecule has 1 atom stereocenters. The van der Waals surface area contributed by atoms with Crippen LogP contribution in [0.15, 0.2) is 0 Å². The molecule has 0 aromatic rings. The summed E-state index contributed by atoms with van der Waals surface area (Å²) in [6, 6.07) is 0.560. The molecule has 0 aromatic heterocycles. The summed E-state index contributed by atoms with van der Waals surface area (Å²) in [4.78, 5) is 0. The van der Waals surface area contributed by atoms with E-state index in [-0.39, 0.29) is 5.75 Å². The maximum absolute atomic E-state index is 10.7. The molecule has 5 heteroatoms. The largest absolute Gasteiger partial charge is 0.314 e. The lowest BCUT2D eigenvalue weighted by Crippen LogP contribution is -2.49. The minimum atomic E-state index is -2.79. The first kappa shape index (κ1) is 9.95. The predicted octanol–water partition coefficient (Wildman–Crippen LogP) is -1.02. The van der Waals surface area contributed by atoms with Gasteiger partial charge < -0.3 is 10.6 Å². The van der Waals surface area contributed by atoms with E-state index in [0.29, 0.717) is 12.6 Å². The molecular weight excluding hydrogens is 176 g/mol. The molecule has 0 bridgehead atoms. The molecule has 0 amide bonds. The van der Waals surface area contributed by atoms with Crippen molar-refractivity contribution in [2.75, 3.05) is 31.6 Å². The van der Waals surface area contributed by atoms with Crippen molar-refractivity contribution in [3.05, 3.63) is 0 Å². The van der Waals surface area contributed by atoms with Crippen molar-refractivity contribution in [2.24, 2.45) is 0 Å². The summed E-state index contributed by atoms with van der Waals surface area (Å²) in [5.74, 6) is 0.236. The summed E-state index contributed by atoms with van der Waals surface area (Å²) in [5, 5.41) is 6.33. The van der Waals surface area contributed by atoms with Gasteiger partial charge in [-0.2, -0.15) is 0 Å². The van der Waals surface area contributed by atoms with Crippen LogP contribution >= 0.6 is 0 Å². The van der Waals surface area contributed by atoms with Crippen LogP contribution < -0.4 is 10.6 Å². The molecule has 4 nitrogen and oxygen atoms in total. The van der Waals surface area contributed by atoms with Crippen LogP contribution in [-0.2, 0) is 9.84 Å². The molecule has 0 saturated carbocycles. The number of hydrogen-bond donors (Lipinski definition) is 2. The van der Waals surface area contributed by atoms with Crippen LogP contribution in [-0.4, -0.2) is 46.1 Å². The molecular formula is C7H16N2O2S. The number of rotatable bonds is 5. The summed E-state index contributed by atoms with van der Waals surface area (Å²) >= 11 is 0. The number of sulfone groups is 1. The van der Waals surface area contributed by atoms with Gasteiger partial charge in [-0.1, -0.05) is 0 Å². The van der Waals surface area contributed by atoms with Crippen LogP contribution in [0.25, 0.3) is 0 Å². The van der Waals surface area contributed by atoms with Gasteiger partial charge in [-0.05, 0) is 13.0 Å². The van der Waals surface area contributed by atoms with E-state index in [1.807, 2.05) is 0 Å². The number of hydrogen-bond acceptors (Lipinski definition) is 4. The third kappa shape index (κ3) is 4.04. The van der Waals surface area contributed by atoms with Crippen molar-refractivity contribution in [1.29, 1.82) is 0 Å². The molecule has 1 saturated heterocycles. The average molecular weight is 192 g/mol. The third-order valence-electron chi connectivity index (χ3n) is 1.97. The van der Waals surface area contributed by atoms with E-state index in [2.05, 4.69) is 10.6 Å². The van der Waals surface area contributed by atoms with Gasteiger partial charge in [0.1, 0.15) is 9.84 Å². The smallest absolute Gasteiger partial charge is 0.148 e. The molecule has 0 spiro atoms. The van der Waals surface area contributed by atoms with Gasteiger partial charge in [-0.15, -0.1) is 0 Å². The fraction of sp³-hybridized carbons (Fsp3) is 1.00. The normalized spacial score (nSPS) is 23.6. The van der Waals surface area contributed by atoms with Crippen LogP contribution in [0.1, 0.15) is 6.42 Å². The van der Waals surface area contributed by atoms with Crippen molar-refractivity contribution in [3.8, 4) is 0 Å². The standard InChI is InChI=1S/C7H16N2O2S/c1-12(10,11)5-4-8-6-7-2-3-9-7/h7-9H,2-6H2,1H3. The van der Waals surface area contributed by atoms with Crippen molar-refractivity contribution < 1.29 is 8.42 Å². The first-order valence-corrected chi connectivity index (χ1v) is 6.26. The maximum Gasteiger partial charge on any atom is 0.148 e. The lowest BCUT2D eigenvalue weighted by atomic mass is 10.1. The zero-order chi connectivity index (χ0) is 9.03. The highest BCUT2D eigenvalue weighted by Crippen LogP contribution is 1.98. The molecule has 12 heavy (non-hydrogen) atoms. The quantitative estimate of drug-likeness (QED) is 0.548. The zero-order valence-electron chi connectivity index (χ0n) is 7.34. The monoisotopic (exact) mass is 192 g/mol. The fourth-order valence-corrected chi connectivity index (χ4v) is 1.57. The Balaban J connectivity index is 1.95. The second-order valence-corrected chi connectivity index (χ2v) is 5.53. The van der Waals surface area contributed by atoms with Gasteiger partial charge >= 0.3 is 0 Å². The lowest BCUT2D eigenvalue weighted by Gasteiger charge is -2.27. The Bertz CT molecular complexity index is 222. The van der Waals surface area contributed by atoms with Gasteiger partial charge in [-0.25, -0.2) is 8.42 Å². The highest BCUT2D eigenvalue weighted by atomic mass is 32.2. The first-order chi connectivity index (χ1) is 5.58. The minimum absolute atomic E-state index is 0.236. The molecule has 1 aliphatic heterocycles. The molecule has 1 heterocycles. The highest BCUT2D eigenvalue weighted by molar-refractivity contribution is 7.90. The Morgan fingerprint density at radius 2 is 2.25 bits per heavy atom. The second kappa shape index (κ2) is 4.20. The summed E-state index contributed by atoms with van der Waals surface area (Å²) in [6.45, 7) is 2.55. The second-order valence-electron chi connectivity index (χ2n) is 3.27. The van der Waals surface area contributed by atoms with Gasteiger partial charge in [0.25, 0.3) is 0 Å². The topological polar surface area (TPSA) is 58.2 Å². The van der Waals surface area contributed by atoms with Gasteiger partial charge in [0.05, 0.1) is 5.75 Å². The van der Waals surface area contributed by atoms with Gasteiger partial charge in [0, 0.05) is 25.4 Å². The molecule has 1 aliphatic rings. The Morgan fingerprint density at radius 3 is 2.67 bits per heavy atom. The van der Waals surface area contributed by atoms with Gasteiger partial charge in [-0.3, -0.25) is 0 Å². The summed E-state index contributed by atoms with van der Waals surface area (Å²) in [5.41, 5.74) is 0. The van der Waals surface area contributed by atoms with Crippen molar-refractivity contribution in [3.63, 3.8) is 0 Å². The minimum Gasteiger partial charge on any atom is -0.314 e. The van der Waals surface area contributed by atoms with Crippen molar-refractivity contribution >= 4 is 9.84 Å². The Labute approximate surface area is 73.6 Å². The van der Waals surface area contributed by atoms with E-state index in [4.69, 9.17) is 0 Å². The van der Waals surface area contributed by atoms with E-state index in [9.17, 15) is 8.42 Å².